The zero-order valence-corrected chi connectivity index (χ0v) is 21.8. The number of carbonyl (C=O) groups is 1. The number of amides is 1. The Labute approximate surface area is 216 Å². The number of ether oxygens (including phenoxy) is 3. The summed E-state index contributed by atoms with van der Waals surface area (Å²) in [4.78, 5) is 12.7. The van der Waals surface area contributed by atoms with E-state index in [1.165, 1.54) is 5.57 Å². The molecule has 4 rings (SSSR count). The van der Waals surface area contributed by atoms with Gasteiger partial charge in [0, 0.05) is 6.04 Å². The molecule has 2 bridgehead atoms. The van der Waals surface area contributed by atoms with Gasteiger partial charge in [-0.05, 0) is 70.3 Å². The van der Waals surface area contributed by atoms with Gasteiger partial charge in [-0.15, -0.1) is 0 Å². The summed E-state index contributed by atoms with van der Waals surface area (Å²) in [6.07, 6.45) is 19.8. The van der Waals surface area contributed by atoms with E-state index in [2.05, 4.69) is 56.1 Å². The van der Waals surface area contributed by atoms with Crippen LogP contribution in [0.1, 0.15) is 65.2 Å². The number of rotatable bonds is 3. The van der Waals surface area contributed by atoms with E-state index in [1.807, 2.05) is 6.08 Å². The minimum atomic E-state index is -0.566. The molecule has 0 saturated carbocycles. The lowest BCUT2D eigenvalue weighted by Crippen LogP contribution is -2.35. The number of hydrogen-bond donors (Lipinski definition) is 2. The molecule has 1 fully saturated rings. The van der Waals surface area contributed by atoms with Crippen LogP contribution in [0.5, 0.6) is 0 Å². The molecule has 0 aromatic rings. The Morgan fingerprint density at radius 3 is 2.86 bits per heavy atom. The average molecular weight is 498 g/mol. The van der Waals surface area contributed by atoms with Crippen LogP contribution < -0.4 is 5.32 Å². The van der Waals surface area contributed by atoms with E-state index < -0.39 is 6.10 Å². The Balaban J connectivity index is 1.40. The molecule has 0 aliphatic carbocycles. The first-order valence-corrected chi connectivity index (χ1v) is 13.6. The van der Waals surface area contributed by atoms with E-state index in [1.54, 1.807) is 6.08 Å². The van der Waals surface area contributed by atoms with Crippen LogP contribution in [0.15, 0.2) is 60.3 Å². The molecule has 8 atom stereocenters. The monoisotopic (exact) mass is 497 g/mol. The van der Waals surface area contributed by atoms with E-state index in [4.69, 9.17) is 14.2 Å². The molecule has 198 valence electrons. The van der Waals surface area contributed by atoms with Crippen molar-refractivity contribution in [3.63, 3.8) is 0 Å². The van der Waals surface area contributed by atoms with Crippen LogP contribution in [-0.2, 0) is 19.0 Å². The third-order valence-electron chi connectivity index (χ3n) is 7.46. The van der Waals surface area contributed by atoms with E-state index in [0.29, 0.717) is 38.2 Å². The number of nitrogens with one attached hydrogen (secondary N) is 1. The van der Waals surface area contributed by atoms with Crippen molar-refractivity contribution in [3.05, 3.63) is 60.3 Å². The normalized spacial score (nSPS) is 39.5. The maximum absolute atomic E-state index is 12.7. The summed E-state index contributed by atoms with van der Waals surface area (Å²) < 4.78 is 17.9. The van der Waals surface area contributed by atoms with E-state index >= 15 is 0 Å². The number of aliphatic hydroxyl groups excluding tert-OH is 1. The van der Waals surface area contributed by atoms with E-state index in [9.17, 15) is 9.90 Å². The quantitative estimate of drug-likeness (QED) is 0.436. The second-order valence-corrected chi connectivity index (χ2v) is 11.0. The van der Waals surface area contributed by atoms with Crippen molar-refractivity contribution in [2.45, 2.75) is 108 Å². The number of aliphatic hydroxyl groups is 1. The predicted octanol–water partition coefficient (Wildman–Crippen LogP) is 4.71. The van der Waals surface area contributed by atoms with Crippen LogP contribution in [0.3, 0.4) is 0 Å². The molecule has 6 heteroatoms. The molecule has 1 amide bonds. The van der Waals surface area contributed by atoms with Gasteiger partial charge in [-0.25, -0.2) is 0 Å². The molecule has 4 heterocycles. The minimum Gasteiger partial charge on any atom is -0.390 e. The molecule has 0 unspecified atom stereocenters. The topological polar surface area (TPSA) is 80.3 Å². The molecule has 2 N–H and O–H groups in total. The highest BCUT2D eigenvalue weighted by Crippen LogP contribution is 2.34. The fraction of sp³-hybridized carbons (Fsp3) is 0.633. The second kappa shape index (κ2) is 13.0. The van der Waals surface area contributed by atoms with Gasteiger partial charge < -0.3 is 24.6 Å². The molecule has 0 spiro atoms. The summed E-state index contributed by atoms with van der Waals surface area (Å²) in [5.74, 6) is 0.319. The van der Waals surface area contributed by atoms with E-state index in [0.717, 1.165) is 31.3 Å². The Kier molecular flexibility index (Phi) is 9.77. The molecule has 0 radical (unpaired) electrons. The first-order chi connectivity index (χ1) is 17.4. The van der Waals surface area contributed by atoms with Gasteiger partial charge in [0.25, 0.3) is 0 Å². The van der Waals surface area contributed by atoms with Crippen molar-refractivity contribution >= 4 is 5.91 Å². The van der Waals surface area contributed by atoms with Crippen molar-refractivity contribution < 1.29 is 24.1 Å². The molecule has 1 saturated heterocycles. The Bertz CT molecular complexity index is 890. The molecule has 6 nitrogen and oxygen atoms in total. The highest BCUT2D eigenvalue weighted by molar-refractivity contribution is 5.87. The third-order valence-corrected chi connectivity index (χ3v) is 7.46. The average Bonchev–Trinajstić information content (AvgIpc) is 3.58. The Morgan fingerprint density at radius 2 is 2.03 bits per heavy atom. The van der Waals surface area contributed by atoms with Crippen molar-refractivity contribution in [1.82, 2.24) is 5.32 Å². The van der Waals surface area contributed by atoms with Crippen molar-refractivity contribution in [1.29, 1.82) is 0 Å². The Morgan fingerprint density at radius 1 is 1.17 bits per heavy atom. The van der Waals surface area contributed by atoms with Gasteiger partial charge in [0.15, 0.2) is 0 Å². The Hall–Kier alpha value is -1.99. The predicted molar refractivity (Wildman–Crippen MR) is 141 cm³/mol. The molecular formula is C30H43NO5. The van der Waals surface area contributed by atoms with Gasteiger partial charge >= 0.3 is 0 Å². The van der Waals surface area contributed by atoms with Gasteiger partial charge in [-0.2, -0.15) is 0 Å². The number of carbonyl (C=O) groups excluding carboxylic acids is 1. The number of fused-ring (bicyclic) bond motifs is 3. The highest BCUT2D eigenvalue weighted by Gasteiger charge is 2.45. The van der Waals surface area contributed by atoms with Gasteiger partial charge in [0.2, 0.25) is 5.91 Å². The van der Waals surface area contributed by atoms with Crippen LogP contribution in [0, 0.1) is 5.92 Å². The zero-order valence-electron chi connectivity index (χ0n) is 21.8. The van der Waals surface area contributed by atoms with E-state index in [-0.39, 0.29) is 42.5 Å². The summed E-state index contributed by atoms with van der Waals surface area (Å²) in [6, 6.07) is -0.0851. The summed E-state index contributed by atoms with van der Waals surface area (Å²) in [6.45, 7) is 9.23. The van der Waals surface area contributed by atoms with Crippen LogP contribution in [0.4, 0.5) is 0 Å². The van der Waals surface area contributed by atoms with Gasteiger partial charge in [-0.3, -0.25) is 4.79 Å². The maximum atomic E-state index is 12.7. The first-order valence-electron chi connectivity index (χ1n) is 13.6. The molecular weight excluding hydrogens is 454 g/mol. The zero-order chi connectivity index (χ0) is 25.5. The molecule has 0 aromatic heterocycles. The SMILES string of the molecule is C=C1C[C@H](C)C[C@@H]2CC=C[C@@H](C/C=C\C(=O)N[C@H](C/C=C/[C@@H]3CC(C)=CCO3)C[C@@H]3O[C@H]3[C@@H](O)C1)O2. The van der Waals surface area contributed by atoms with Crippen LogP contribution in [0.2, 0.25) is 0 Å². The molecule has 4 aliphatic heterocycles. The fourth-order valence-electron chi connectivity index (χ4n) is 5.57. The summed E-state index contributed by atoms with van der Waals surface area (Å²) in [5, 5.41) is 13.9. The summed E-state index contributed by atoms with van der Waals surface area (Å²) in [7, 11) is 0. The van der Waals surface area contributed by atoms with Gasteiger partial charge in [0.05, 0.1) is 37.1 Å². The van der Waals surface area contributed by atoms with Crippen LogP contribution >= 0.6 is 0 Å². The largest absolute Gasteiger partial charge is 0.390 e. The summed E-state index contributed by atoms with van der Waals surface area (Å²) >= 11 is 0. The van der Waals surface area contributed by atoms with Gasteiger partial charge in [0.1, 0.15) is 6.10 Å². The second-order valence-electron chi connectivity index (χ2n) is 11.0. The molecule has 4 aliphatic rings. The maximum Gasteiger partial charge on any atom is 0.243 e. The lowest BCUT2D eigenvalue weighted by molar-refractivity contribution is -0.117. The molecule has 36 heavy (non-hydrogen) atoms. The number of hydrogen-bond acceptors (Lipinski definition) is 5. The third kappa shape index (κ3) is 8.55. The highest BCUT2D eigenvalue weighted by atomic mass is 16.6. The van der Waals surface area contributed by atoms with Crippen LogP contribution in [-0.4, -0.2) is 60.3 Å². The fourth-order valence-corrected chi connectivity index (χ4v) is 5.57. The smallest absolute Gasteiger partial charge is 0.243 e. The molecule has 0 aromatic carbocycles. The lowest BCUT2D eigenvalue weighted by Gasteiger charge is -2.28. The van der Waals surface area contributed by atoms with Crippen molar-refractivity contribution in [2.24, 2.45) is 5.92 Å². The first kappa shape index (κ1) is 27.1. The summed E-state index contributed by atoms with van der Waals surface area (Å²) in [5.41, 5.74) is 2.40. The standard InChI is InChI=1S/C30H43NO5/c1-20-13-14-34-25(16-20)10-4-7-23-19-28-30(36-28)27(32)18-22(3)15-21(2)17-26-11-5-8-24(35-26)9-6-12-29(33)31-23/h4-6,8,10,12-13,21,23-28,30,32H,3,7,9,11,14-19H2,1-2H3,(H,31,33)/b10-4+,12-6-/t21-,23+,24-,25+,26-,27-,28-,30-/m0/s1. The van der Waals surface area contributed by atoms with Crippen molar-refractivity contribution in [2.75, 3.05) is 6.61 Å². The van der Waals surface area contributed by atoms with Crippen molar-refractivity contribution in [3.8, 4) is 0 Å². The van der Waals surface area contributed by atoms with Crippen LogP contribution in [0.25, 0.3) is 0 Å². The minimum absolute atomic E-state index is 0.00346. The van der Waals surface area contributed by atoms with Gasteiger partial charge in [-0.1, -0.05) is 61.1 Å². The lowest BCUT2D eigenvalue weighted by atomic mass is 9.91. The number of epoxide rings is 1.